The van der Waals surface area contributed by atoms with Gasteiger partial charge in [0.2, 0.25) is 0 Å². The van der Waals surface area contributed by atoms with Crippen LogP contribution in [0.15, 0.2) is 47.7 Å². The van der Waals surface area contributed by atoms with Gasteiger partial charge >= 0.3 is 12.0 Å². The second kappa shape index (κ2) is 9.91. The van der Waals surface area contributed by atoms with Crippen LogP contribution in [-0.2, 0) is 19.1 Å². The number of amides is 3. The zero-order chi connectivity index (χ0) is 23.4. The van der Waals surface area contributed by atoms with Crippen molar-refractivity contribution in [3.05, 3.63) is 53.2 Å². The topological polar surface area (TPSA) is 106 Å². The van der Waals surface area contributed by atoms with Crippen LogP contribution < -0.4 is 15.4 Å². The molecule has 9 heteroatoms. The molecule has 1 fully saturated rings. The van der Waals surface area contributed by atoms with Gasteiger partial charge in [0.15, 0.2) is 6.61 Å². The molecule has 9 nitrogen and oxygen atoms in total. The van der Waals surface area contributed by atoms with Crippen molar-refractivity contribution in [1.82, 2.24) is 15.5 Å². The summed E-state index contributed by atoms with van der Waals surface area (Å²) in [7, 11) is 0. The molecule has 33 heavy (non-hydrogen) atoms. The summed E-state index contributed by atoms with van der Waals surface area (Å²) < 4.78 is 16.6. The number of morpholine rings is 1. The molecule has 0 spiro atoms. The Bertz CT molecular complexity index is 1110. The van der Waals surface area contributed by atoms with Crippen molar-refractivity contribution in [2.75, 3.05) is 39.5 Å². The highest BCUT2D eigenvalue weighted by atomic mass is 16.5. The third-order valence-corrected chi connectivity index (χ3v) is 5.70. The molecule has 2 aromatic carbocycles. The van der Waals surface area contributed by atoms with Crippen LogP contribution in [0.1, 0.15) is 25.5 Å². The predicted molar refractivity (Wildman–Crippen MR) is 121 cm³/mol. The Morgan fingerprint density at radius 3 is 2.67 bits per heavy atom. The average molecular weight is 453 g/mol. The van der Waals surface area contributed by atoms with Gasteiger partial charge in [-0.1, -0.05) is 30.3 Å². The SMILES string of the molecule is CCOC(=O)C1=C(C)NC(=O)N[C@H]1c1c(OCC(=O)N2CCOCC2)ccc2ccccc12. The lowest BCUT2D eigenvalue weighted by Crippen LogP contribution is -2.45. The number of carbonyl (C=O) groups excluding carboxylic acids is 3. The van der Waals surface area contributed by atoms with Gasteiger partial charge < -0.3 is 29.7 Å². The first-order chi connectivity index (χ1) is 16.0. The largest absolute Gasteiger partial charge is 0.483 e. The highest BCUT2D eigenvalue weighted by Crippen LogP contribution is 2.38. The number of carbonyl (C=O) groups is 3. The van der Waals surface area contributed by atoms with E-state index in [-0.39, 0.29) is 24.7 Å². The van der Waals surface area contributed by atoms with Crippen molar-refractivity contribution in [1.29, 1.82) is 0 Å². The molecule has 2 heterocycles. The van der Waals surface area contributed by atoms with Gasteiger partial charge in [0.1, 0.15) is 5.75 Å². The van der Waals surface area contributed by atoms with Gasteiger partial charge in [-0.05, 0) is 30.7 Å². The Morgan fingerprint density at radius 1 is 1.15 bits per heavy atom. The Labute approximate surface area is 191 Å². The molecule has 1 atom stereocenters. The summed E-state index contributed by atoms with van der Waals surface area (Å²) in [6, 6.07) is 10.0. The number of hydrogen-bond acceptors (Lipinski definition) is 6. The van der Waals surface area contributed by atoms with Gasteiger partial charge in [0.25, 0.3) is 5.91 Å². The lowest BCUT2D eigenvalue weighted by atomic mass is 9.90. The fraction of sp³-hybridized carbons (Fsp3) is 0.375. The molecule has 1 saturated heterocycles. The van der Waals surface area contributed by atoms with Crippen molar-refractivity contribution in [3.63, 3.8) is 0 Å². The molecule has 0 bridgehead atoms. The number of fused-ring (bicyclic) bond motifs is 1. The number of esters is 1. The summed E-state index contributed by atoms with van der Waals surface area (Å²) in [6.07, 6.45) is 0. The molecule has 0 aromatic heterocycles. The van der Waals surface area contributed by atoms with E-state index in [0.717, 1.165) is 10.8 Å². The summed E-state index contributed by atoms with van der Waals surface area (Å²) in [6.45, 7) is 5.46. The second-order valence-electron chi connectivity index (χ2n) is 7.77. The standard InChI is InChI=1S/C24H27N3O6/c1-3-32-23(29)20-15(2)25-24(30)26-22(20)21-17-7-5-4-6-16(17)8-9-18(21)33-14-19(28)27-10-12-31-13-11-27/h4-9,22H,3,10-14H2,1-2H3,(H2,25,26,30)/t22-/m1/s1. The number of urea groups is 1. The summed E-state index contributed by atoms with van der Waals surface area (Å²) in [5.41, 5.74) is 1.29. The molecule has 3 amide bonds. The lowest BCUT2D eigenvalue weighted by Gasteiger charge is -2.30. The number of nitrogens with zero attached hydrogens (tertiary/aromatic N) is 1. The molecule has 0 unspecified atom stereocenters. The second-order valence-corrected chi connectivity index (χ2v) is 7.77. The van der Waals surface area contributed by atoms with E-state index in [1.54, 1.807) is 24.8 Å². The van der Waals surface area contributed by atoms with E-state index in [0.29, 0.717) is 43.3 Å². The minimum absolute atomic E-state index is 0.149. The van der Waals surface area contributed by atoms with Gasteiger partial charge in [0, 0.05) is 24.4 Å². The zero-order valence-corrected chi connectivity index (χ0v) is 18.7. The molecular weight excluding hydrogens is 426 g/mol. The van der Waals surface area contributed by atoms with Gasteiger partial charge in [0.05, 0.1) is 31.4 Å². The first kappa shape index (κ1) is 22.6. The Kier molecular flexibility index (Phi) is 6.79. The van der Waals surface area contributed by atoms with E-state index in [9.17, 15) is 14.4 Å². The van der Waals surface area contributed by atoms with E-state index in [1.165, 1.54) is 0 Å². The summed E-state index contributed by atoms with van der Waals surface area (Å²) in [5, 5.41) is 7.19. The van der Waals surface area contributed by atoms with E-state index >= 15 is 0 Å². The maximum absolute atomic E-state index is 12.8. The van der Waals surface area contributed by atoms with Crippen molar-refractivity contribution < 1.29 is 28.6 Å². The van der Waals surface area contributed by atoms with Crippen LogP contribution in [0, 0.1) is 0 Å². The van der Waals surface area contributed by atoms with Crippen LogP contribution in [0.3, 0.4) is 0 Å². The van der Waals surface area contributed by atoms with Crippen molar-refractivity contribution in [2.45, 2.75) is 19.9 Å². The van der Waals surface area contributed by atoms with Gasteiger partial charge in [-0.15, -0.1) is 0 Å². The van der Waals surface area contributed by atoms with E-state index in [2.05, 4.69) is 10.6 Å². The minimum Gasteiger partial charge on any atom is -0.483 e. The number of nitrogens with one attached hydrogen (secondary N) is 2. The van der Waals surface area contributed by atoms with E-state index < -0.39 is 18.0 Å². The molecular formula is C24H27N3O6. The lowest BCUT2D eigenvalue weighted by molar-refractivity contribution is -0.139. The molecule has 2 N–H and O–H groups in total. The molecule has 0 saturated carbocycles. The quantitative estimate of drug-likeness (QED) is 0.650. The Balaban J connectivity index is 1.74. The van der Waals surface area contributed by atoms with Crippen molar-refractivity contribution in [2.24, 2.45) is 0 Å². The summed E-state index contributed by atoms with van der Waals surface area (Å²) in [4.78, 5) is 39.6. The van der Waals surface area contributed by atoms with Crippen molar-refractivity contribution >= 4 is 28.7 Å². The summed E-state index contributed by atoms with van der Waals surface area (Å²) in [5.74, 6) is -0.267. The molecule has 2 aliphatic rings. The normalized spacial score (nSPS) is 18.5. The third kappa shape index (κ3) is 4.78. The zero-order valence-electron chi connectivity index (χ0n) is 18.7. The molecule has 0 radical (unpaired) electrons. The van der Waals surface area contributed by atoms with E-state index in [1.807, 2.05) is 30.3 Å². The third-order valence-electron chi connectivity index (χ3n) is 5.70. The van der Waals surface area contributed by atoms with Crippen LogP contribution in [0.4, 0.5) is 4.79 Å². The fourth-order valence-electron chi connectivity index (χ4n) is 4.13. The van der Waals surface area contributed by atoms with Crippen molar-refractivity contribution in [3.8, 4) is 5.75 Å². The smallest absolute Gasteiger partial charge is 0.338 e. The van der Waals surface area contributed by atoms with Crippen LogP contribution in [0.5, 0.6) is 5.75 Å². The van der Waals surface area contributed by atoms with Crippen LogP contribution in [0.25, 0.3) is 10.8 Å². The Hall–Kier alpha value is -3.59. The highest BCUT2D eigenvalue weighted by molar-refractivity contribution is 5.98. The number of ether oxygens (including phenoxy) is 3. The van der Waals surface area contributed by atoms with Gasteiger partial charge in [-0.2, -0.15) is 0 Å². The molecule has 4 rings (SSSR count). The van der Waals surface area contributed by atoms with Crippen LogP contribution in [-0.4, -0.2) is 62.3 Å². The highest BCUT2D eigenvalue weighted by Gasteiger charge is 2.35. The van der Waals surface area contributed by atoms with Gasteiger partial charge in [-0.3, -0.25) is 4.79 Å². The monoisotopic (exact) mass is 453 g/mol. The average Bonchev–Trinajstić information content (AvgIpc) is 2.82. The Morgan fingerprint density at radius 2 is 1.91 bits per heavy atom. The maximum atomic E-state index is 12.8. The van der Waals surface area contributed by atoms with E-state index in [4.69, 9.17) is 14.2 Å². The minimum atomic E-state index is -0.808. The number of hydrogen-bond donors (Lipinski definition) is 2. The molecule has 2 aromatic rings. The maximum Gasteiger partial charge on any atom is 0.338 e. The summed E-state index contributed by atoms with van der Waals surface area (Å²) >= 11 is 0. The van der Waals surface area contributed by atoms with Crippen LogP contribution >= 0.6 is 0 Å². The number of allylic oxidation sites excluding steroid dienone is 1. The molecule has 174 valence electrons. The van der Waals surface area contributed by atoms with Gasteiger partial charge in [-0.25, -0.2) is 9.59 Å². The fourth-order valence-corrected chi connectivity index (χ4v) is 4.13. The first-order valence-corrected chi connectivity index (χ1v) is 10.9. The van der Waals surface area contributed by atoms with Crippen LogP contribution in [0.2, 0.25) is 0 Å². The molecule has 0 aliphatic carbocycles. The number of benzene rings is 2. The predicted octanol–water partition coefficient (Wildman–Crippen LogP) is 2.27. The number of rotatable bonds is 6. The molecule has 2 aliphatic heterocycles. The first-order valence-electron chi connectivity index (χ1n) is 10.9.